The molecule has 0 aliphatic rings. The number of hydrogen-bond donors (Lipinski definition) is 2. The number of carboxylic acids is 1. The molecule has 0 aromatic heterocycles. The van der Waals surface area contributed by atoms with Crippen molar-refractivity contribution in [3.63, 3.8) is 0 Å². The minimum Gasteiger partial charge on any atom is -0.496 e. The molecule has 110 valence electrons. The molecule has 0 radical (unpaired) electrons. The molecule has 0 spiro atoms. The summed E-state index contributed by atoms with van der Waals surface area (Å²) < 4.78 is 5.17. The molecule has 0 fully saturated rings. The van der Waals surface area contributed by atoms with Gasteiger partial charge in [-0.2, -0.15) is 0 Å². The van der Waals surface area contributed by atoms with E-state index < -0.39 is 17.4 Å². The van der Waals surface area contributed by atoms with Crippen LogP contribution in [-0.4, -0.2) is 30.1 Å². The van der Waals surface area contributed by atoms with Gasteiger partial charge >= 0.3 is 5.97 Å². The Morgan fingerprint density at radius 1 is 1.30 bits per heavy atom. The summed E-state index contributed by atoms with van der Waals surface area (Å²) in [7, 11) is 1.53. The van der Waals surface area contributed by atoms with Crippen molar-refractivity contribution in [1.82, 2.24) is 5.32 Å². The van der Waals surface area contributed by atoms with Crippen molar-refractivity contribution in [2.24, 2.45) is 5.41 Å². The average Bonchev–Trinajstić information content (AvgIpc) is 2.35. The van der Waals surface area contributed by atoms with Gasteiger partial charge in [0.05, 0.1) is 13.5 Å². The molecule has 0 saturated carbocycles. The molecule has 0 unspecified atom stereocenters. The molecular weight excluding hydrogens is 258 g/mol. The van der Waals surface area contributed by atoms with Crippen molar-refractivity contribution in [1.29, 1.82) is 0 Å². The summed E-state index contributed by atoms with van der Waals surface area (Å²) >= 11 is 0. The fourth-order valence-corrected chi connectivity index (χ4v) is 1.88. The lowest BCUT2D eigenvalue weighted by atomic mass is 9.86. The van der Waals surface area contributed by atoms with Crippen LogP contribution in [0.15, 0.2) is 24.3 Å². The van der Waals surface area contributed by atoms with E-state index >= 15 is 0 Å². The Bertz CT molecular complexity index is 491. The molecule has 0 bridgehead atoms. The number of hydrogen-bond acceptors (Lipinski definition) is 3. The van der Waals surface area contributed by atoms with Crippen molar-refractivity contribution in [2.75, 3.05) is 7.11 Å². The molecule has 20 heavy (non-hydrogen) atoms. The minimum atomic E-state index is -1.04. The maximum Gasteiger partial charge on any atom is 0.326 e. The quantitative estimate of drug-likeness (QED) is 0.862. The maximum absolute atomic E-state index is 12.0. The highest BCUT2D eigenvalue weighted by molar-refractivity contribution is 5.85. The molecule has 0 heterocycles. The van der Waals surface area contributed by atoms with Gasteiger partial charge in [-0.1, -0.05) is 39.0 Å². The highest BCUT2D eigenvalue weighted by Crippen LogP contribution is 2.21. The Balaban J connectivity index is 2.79. The van der Waals surface area contributed by atoms with Gasteiger partial charge < -0.3 is 15.2 Å². The number of carbonyl (C=O) groups is 2. The molecule has 2 N–H and O–H groups in total. The van der Waals surface area contributed by atoms with E-state index in [1.54, 1.807) is 32.9 Å². The number of benzene rings is 1. The van der Waals surface area contributed by atoms with Crippen molar-refractivity contribution >= 4 is 11.9 Å². The molecule has 1 aromatic carbocycles. The van der Waals surface area contributed by atoms with Crippen LogP contribution in [0.5, 0.6) is 5.75 Å². The molecule has 0 saturated heterocycles. The van der Waals surface area contributed by atoms with Gasteiger partial charge in [0.2, 0.25) is 5.91 Å². The number of para-hydroxylation sites is 1. The number of amides is 1. The molecule has 5 heteroatoms. The minimum absolute atomic E-state index is 0.0872. The van der Waals surface area contributed by atoms with Crippen molar-refractivity contribution in [2.45, 2.75) is 33.2 Å². The number of aliphatic carboxylic acids is 1. The summed E-state index contributed by atoms with van der Waals surface area (Å²) in [5.41, 5.74) is 0.174. The average molecular weight is 279 g/mol. The van der Waals surface area contributed by atoms with Crippen LogP contribution < -0.4 is 10.1 Å². The zero-order chi connectivity index (χ0) is 15.3. The monoisotopic (exact) mass is 279 g/mol. The Morgan fingerprint density at radius 2 is 1.90 bits per heavy atom. The topological polar surface area (TPSA) is 75.6 Å². The van der Waals surface area contributed by atoms with Gasteiger partial charge in [0.25, 0.3) is 0 Å². The summed E-state index contributed by atoms with van der Waals surface area (Å²) in [6, 6.07) is 6.25. The number of carbonyl (C=O) groups excluding carboxylic acids is 1. The normalized spacial score (nSPS) is 12.6. The van der Waals surface area contributed by atoms with Gasteiger partial charge in [-0.15, -0.1) is 0 Å². The molecular formula is C15H21NO4. The first-order valence-corrected chi connectivity index (χ1v) is 6.39. The fourth-order valence-electron chi connectivity index (χ4n) is 1.88. The summed E-state index contributed by atoms with van der Waals surface area (Å²) in [6.45, 7) is 5.32. The largest absolute Gasteiger partial charge is 0.496 e. The third kappa shape index (κ3) is 4.26. The van der Waals surface area contributed by atoms with Crippen molar-refractivity contribution in [3.05, 3.63) is 29.8 Å². The highest BCUT2D eigenvalue weighted by Gasteiger charge is 2.32. The van der Waals surface area contributed by atoms with Crippen LogP contribution in [0.2, 0.25) is 0 Å². The van der Waals surface area contributed by atoms with E-state index in [0.29, 0.717) is 5.75 Å². The van der Waals surface area contributed by atoms with Crippen LogP contribution in [0, 0.1) is 5.41 Å². The van der Waals surface area contributed by atoms with Gasteiger partial charge in [0.15, 0.2) is 0 Å². The fraction of sp³-hybridized carbons (Fsp3) is 0.467. The van der Waals surface area contributed by atoms with Gasteiger partial charge in [-0.05, 0) is 11.5 Å². The van der Waals surface area contributed by atoms with E-state index in [-0.39, 0.29) is 12.3 Å². The first kappa shape index (κ1) is 16.0. The van der Waals surface area contributed by atoms with Crippen molar-refractivity contribution in [3.8, 4) is 5.75 Å². The lowest BCUT2D eigenvalue weighted by Gasteiger charge is -2.27. The summed E-state index contributed by atoms with van der Waals surface area (Å²) in [4.78, 5) is 23.2. The number of ether oxygens (including phenoxy) is 1. The number of nitrogens with one attached hydrogen (secondary N) is 1. The van der Waals surface area contributed by atoms with E-state index in [4.69, 9.17) is 4.74 Å². The highest BCUT2D eigenvalue weighted by atomic mass is 16.5. The second kappa shape index (κ2) is 6.41. The zero-order valence-electron chi connectivity index (χ0n) is 12.3. The van der Waals surface area contributed by atoms with Crippen LogP contribution in [0.1, 0.15) is 26.3 Å². The van der Waals surface area contributed by atoms with E-state index in [1.807, 2.05) is 12.1 Å². The summed E-state index contributed by atoms with van der Waals surface area (Å²) in [5.74, 6) is -0.756. The molecule has 1 aromatic rings. The SMILES string of the molecule is COc1ccccc1CC(=O)N[C@H](C(=O)O)C(C)(C)C. The zero-order valence-corrected chi connectivity index (χ0v) is 12.3. The molecule has 0 aliphatic carbocycles. The number of methoxy groups -OCH3 is 1. The molecule has 1 rings (SSSR count). The Kier molecular flexibility index (Phi) is 5.13. The maximum atomic E-state index is 12.0. The Labute approximate surface area is 118 Å². The van der Waals surface area contributed by atoms with Crippen LogP contribution >= 0.6 is 0 Å². The van der Waals surface area contributed by atoms with Gasteiger partial charge in [0.1, 0.15) is 11.8 Å². The second-order valence-corrected chi connectivity index (χ2v) is 5.69. The van der Waals surface area contributed by atoms with Gasteiger partial charge in [-0.3, -0.25) is 4.79 Å². The predicted molar refractivity (Wildman–Crippen MR) is 75.7 cm³/mol. The summed E-state index contributed by atoms with van der Waals surface area (Å²) in [6.07, 6.45) is 0.0872. The van der Waals surface area contributed by atoms with Crippen LogP contribution in [-0.2, 0) is 16.0 Å². The molecule has 1 atom stereocenters. The van der Waals surface area contributed by atoms with Gasteiger partial charge in [0, 0.05) is 5.56 Å². The first-order valence-electron chi connectivity index (χ1n) is 6.39. The third-order valence-corrected chi connectivity index (χ3v) is 2.96. The van der Waals surface area contributed by atoms with Gasteiger partial charge in [-0.25, -0.2) is 4.79 Å². The second-order valence-electron chi connectivity index (χ2n) is 5.69. The standard InChI is InChI=1S/C15H21NO4/c1-15(2,3)13(14(18)19)16-12(17)9-10-7-5-6-8-11(10)20-4/h5-8,13H,9H2,1-4H3,(H,16,17)(H,18,19)/t13-/m1/s1. The number of rotatable bonds is 5. The van der Waals surface area contributed by atoms with Crippen molar-refractivity contribution < 1.29 is 19.4 Å². The lowest BCUT2D eigenvalue weighted by molar-refractivity contribution is -0.144. The Hall–Kier alpha value is -2.04. The molecule has 5 nitrogen and oxygen atoms in total. The lowest BCUT2D eigenvalue weighted by Crippen LogP contribution is -2.49. The number of carboxylic acid groups (broad SMARTS) is 1. The third-order valence-electron chi connectivity index (χ3n) is 2.96. The van der Waals surface area contributed by atoms with Crippen LogP contribution in [0.25, 0.3) is 0 Å². The smallest absolute Gasteiger partial charge is 0.326 e. The van der Waals surface area contributed by atoms with E-state index in [2.05, 4.69) is 5.32 Å². The Morgan fingerprint density at radius 3 is 2.40 bits per heavy atom. The summed E-state index contributed by atoms with van der Waals surface area (Å²) in [5, 5.41) is 11.7. The predicted octanol–water partition coefficient (Wildman–Crippen LogP) is 1.85. The molecule has 1 amide bonds. The van der Waals surface area contributed by atoms with E-state index in [9.17, 15) is 14.7 Å². The molecule has 0 aliphatic heterocycles. The van der Waals surface area contributed by atoms with E-state index in [0.717, 1.165) is 5.56 Å². The van der Waals surface area contributed by atoms with Crippen LogP contribution in [0.3, 0.4) is 0 Å². The first-order chi connectivity index (χ1) is 9.25. The van der Waals surface area contributed by atoms with E-state index in [1.165, 1.54) is 7.11 Å². The van der Waals surface area contributed by atoms with Crippen LogP contribution in [0.4, 0.5) is 0 Å².